The van der Waals surface area contributed by atoms with Crippen LogP contribution in [0.2, 0.25) is 0 Å². The Morgan fingerprint density at radius 1 is 1.65 bits per heavy atom. The molecular weight excluding hydrogens is 238 g/mol. The highest BCUT2D eigenvalue weighted by Gasteiger charge is 2.32. The highest BCUT2D eigenvalue weighted by molar-refractivity contribution is 7.99. The standard InChI is InChI=1S/C11H17N3O2S/c1-8-5-6-13-10(14-8)17-7-11(2,12-3)9(15)16-4/h5-6,12H,7H2,1-4H3. The molecule has 1 N–H and O–H groups in total. The van der Waals surface area contributed by atoms with Crippen LogP contribution in [0.3, 0.4) is 0 Å². The van der Waals surface area contributed by atoms with Crippen LogP contribution in [0.15, 0.2) is 17.4 Å². The van der Waals surface area contributed by atoms with Crippen LogP contribution in [0, 0.1) is 6.92 Å². The lowest BCUT2D eigenvalue weighted by Crippen LogP contribution is -2.50. The van der Waals surface area contributed by atoms with Crippen LogP contribution in [0.4, 0.5) is 0 Å². The number of thioether (sulfide) groups is 1. The zero-order valence-corrected chi connectivity index (χ0v) is 11.3. The maximum absolute atomic E-state index is 11.6. The van der Waals surface area contributed by atoms with E-state index >= 15 is 0 Å². The van der Waals surface area contributed by atoms with E-state index in [1.54, 1.807) is 20.2 Å². The van der Waals surface area contributed by atoms with Crippen LogP contribution in [0.1, 0.15) is 12.6 Å². The maximum atomic E-state index is 11.6. The van der Waals surface area contributed by atoms with Crippen molar-refractivity contribution >= 4 is 17.7 Å². The number of aryl methyl sites for hydroxylation is 1. The highest BCUT2D eigenvalue weighted by atomic mass is 32.2. The molecule has 1 heterocycles. The molecule has 1 rings (SSSR count). The molecule has 6 heteroatoms. The molecule has 1 aromatic rings. The number of methoxy groups -OCH3 is 1. The lowest BCUT2D eigenvalue weighted by molar-refractivity contribution is -0.146. The number of likely N-dealkylation sites (N-methyl/N-ethyl adjacent to an activating group) is 1. The van der Waals surface area contributed by atoms with E-state index in [1.165, 1.54) is 18.9 Å². The Kier molecular flexibility index (Phi) is 4.89. The number of nitrogens with zero attached hydrogens (tertiary/aromatic N) is 2. The van der Waals surface area contributed by atoms with Crippen molar-refractivity contribution in [1.29, 1.82) is 0 Å². The van der Waals surface area contributed by atoms with Crippen molar-refractivity contribution in [3.63, 3.8) is 0 Å². The summed E-state index contributed by atoms with van der Waals surface area (Å²) < 4.78 is 4.76. The molecule has 1 atom stereocenters. The summed E-state index contributed by atoms with van der Waals surface area (Å²) in [6.45, 7) is 3.70. The van der Waals surface area contributed by atoms with Crippen LogP contribution in [0.25, 0.3) is 0 Å². The summed E-state index contributed by atoms with van der Waals surface area (Å²) in [7, 11) is 3.11. The molecule has 1 aromatic heterocycles. The minimum Gasteiger partial charge on any atom is -0.468 e. The Labute approximate surface area is 105 Å². The minimum atomic E-state index is -0.730. The quantitative estimate of drug-likeness (QED) is 0.481. The molecule has 0 aliphatic rings. The van der Waals surface area contributed by atoms with E-state index in [1.807, 2.05) is 13.0 Å². The largest absolute Gasteiger partial charge is 0.468 e. The van der Waals surface area contributed by atoms with Gasteiger partial charge in [-0.05, 0) is 27.0 Å². The number of hydrogen-bond acceptors (Lipinski definition) is 6. The zero-order chi connectivity index (χ0) is 12.9. The molecule has 94 valence electrons. The smallest absolute Gasteiger partial charge is 0.326 e. The predicted molar refractivity (Wildman–Crippen MR) is 67.0 cm³/mol. The third-order valence-corrected chi connectivity index (χ3v) is 3.63. The fourth-order valence-electron chi connectivity index (χ4n) is 1.16. The molecule has 0 amide bonds. The summed E-state index contributed by atoms with van der Waals surface area (Å²) >= 11 is 1.42. The van der Waals surface area contributed by atoms with E-state index in [-0.39, 0.29) is 5.97 Å². The van der Waals surface area contributed by atoms with Gasteiger partial charge in [0.05, 0.1) is 7.11 Å². The Morgan fingerprint density at radius 3 is 2.88 bits per heavy atom. The van der Waals surface area contributed by atoms with Crippen LogP contribution in [0.5, 0.6) is 0 Å². The normalized spacial score (nSPS) is 14.1. The number of nitrogens with one attached hydrogen (secondary N) is 1. The van der Waals surface area contributed by atoms with Crippen molar-refractivity contribution in [2.45, 2.75) is 24.5 Å². The Balaban J connectivity index is 2.68. The predicted octanol–water partition coefficient (Wildman–Crippen LogP) is 1.03. The number of rotatable bonds is 5. The summed E-state index contributed by atoms with van der Waals surface area (Å²) in [5.41, 5.74) is 0.179. The highest BCUT2D eigenvalue weighted by Crippen LogP contribution is 2.20. The van der Waals surface area contributed by atoms with Crippen molar-refractivity contribution in [3.05, 3.63) is 18.0 Å². The molecule has 0 aliphatic heterocycles. The van der Waals surface area contributed by atoms with Crippen LogP contribution in [-0.2, 0) is 9.53 Å². The Bertz CT molecular complexity index is 400. The van der Waals surface area contributed by atoms with Crippen LogP contribution >= 0.6 is 11.8 Å². The second-order valence-corrected chi connectivity index (χ2v) is 4.79. The van der Waals surface area contributed by atoms with Gasteiger partial charge in [-0.2, -0.15) is 0 Å². The number of esters is 1. The third kappa shape index (κ3) is 3.67. The Hall–Kier alpha value is -1.14. The SMILES string of the molecule is CNC(C)(CSc1nccc(C)n1)C(=O)OC. The molecule has 0 saturated carbocycles. The topological polar surface area (TPSA) is 64.1 Å². The fraction of sp³-hybridized carbons (Fsp3) is 0.545. The number of ether oxygens (including phenoxy) is 1. The van der Waals surface area contributed by atoms with E-state index < -0.39 is 5.54 Å². The minimum absolute atomic E-state index is 0.292. The van der Waals surface area contributed by atoms with E-state index in [0.717, 1.165) is 5.69 Å². The molecular formula is C11H17N3O2S. The average molecular weight is 255 g/mol. The second kappa shape index (κ2) is 5.97. The lowest BCUT2D eigenvalue weighted by Gasteiger charge is -2.25. The van der Waals surface area contributed by atoms with E-state index in [4.69, 9.17) is 4.74 Å². The summed E-state index contributed by atoms with van der Waals surface area (Å²) in [5, 5.41) is 3.63. The molecule has 17 heavy (non-hydrogen) atoms. The molecule has 0 saturated heterocycles. The van der Waals surface area contributed by atoms with Crippen LogP contribution < -0.4 is 5.32 Å². The number of carbonyl (C=O) groups is 1. The third-order valence-electron chi connectivity index (χ3n) is 2.45. The number of carbonyl (C=O) groups excluding carboxylic acids is 1. The van der Waals surface area contributed by atoms with Gasteiger partial charge in [0.2, 0.25) is 0 Å². The van der Waals surface area contributed by atoms with Crippen molar-refractivity contribution in [1.82, 2.24) is 15.3 Å². The average Bonchev–Trinajstić information content (AvgIpc) is 2.35. The van der Waals surface area contributed by atoms with Crippen molar-refractivity contribution in [2.24, 2.45) is 0 Å². The first kappa shape index (κ1) is 13.9. The first-order valence-electron chi connectivity index (χ1n) is 5.21. The summed E-state index contributed by atoms with van der Waals surface area (Å²) in [6.07, 6.45) is 1.71. The van der Waals surface area contributed by atoms with Gasteiger partial charge in [-0.1, -0.05) is 11.8 Å². The monoisotopic (exact) mass is 255 g/mol. The maximum Gasteiger partial charge on any atom is 0.326 e. The van der Waals surface area contributed by atoms with Crippen molar-refractivity contribution < 1.29 is 9.53 Å². The van der Waals surface area contributed by atoms with Gasteiger partial charge in [0, 0.05) is 17.6 Å². The van der Waals surface area contributed by atoms with Crippen molar-refractivity contribution in [3.8, 4) is 0 Å². The molecule has 1 unspecified atom stereocenters. The summed E-state index contributed by atoms with van der Waals surface area (Å²) in [6, 6.07) is 1.83. The Morgan fingerprint density at radius 2 is 2.35 bits per heavy atom. The first-order chi connectivity index (χ1) is 8.01. The second-order valence-electron chi connectivity index (χ2n) is 3.84. The summed E-state index contributed by atoms with van der Waals surface area (Å²) in [4.78, 5) is 20.0. The molecule has 0 bridgehead atoms. The molecule has 5 nitrogen and oxygen atoms in total. The zero-order valence-electron chi connectivity index (χ0n) is 10.5. The molecule has 0 radical (unpaired) electrons. The molecule has 0 aliphatic carbocycles. The van der Waals surface area contributed by atoms with Gasteiger partial charge in [0.1, 0.15) is 5.54 Å². The number of hydrogen-bond donors (Lipinski definition) is 1. The first-order valence-corrected chi connectivity index (χ1v) is 6.20. The van der Waals surface area contributed by atoms with Gasteiger partial charge < -0.3 is 10.1 Å². The molecule has 0 fully saturated rings. The van der Waals surface area contributed by atoms with Gasteiger partial charge >= 0.3 is 5.97 Å². The van der Waals surface area contributed by atoms with Gasteiger partial charge in [0.15, 0.2) is 5.16 Å². The molecule has 0 aromatic carbocycles. The lowest BCUT2D eigenvalue weighted by atomic mass is 10.1. The van der Waals surface area contributed by atoms with Gasteiger partial charge in [-0.25, -0.2) is 9.97 Å². The van der Waals surface area contributed by atoms with E-state index in [2.05, 4.69) is 15.3 Å². The van der Waals surface area contributed by atoms with Crippen molar-refractivity contribution in [2.75, 3.05) is 19.9 Å². The molecule has 0 spiro atoms. The van der Waals surface area contributed by atoms with Gasteiger partial charge in [-0.3, -0.25) is 4.79 Å². The summed E-state index contributed by atoms with van der Waals surface area (Å²) in [5.74, 6) is 0.222. The number of aromatic nitrogens is 2. The van der Waals surface area contributed by atoms with E-state index in [9.17, 15) is 4.79 Å². The van der Waals surface area contributed by atoms with E-state index in [0.29, 0.717) is 10.9 Å². The van der Waals surface area contributed by atoms with Crippen LogP contribution in [-0.4, -0.2) is 41.4 Å². The van der Waals surface area contributed by atoms with Gasteiger partial charge in [-0.15, -0.1) is 0 Å². The van der Waals surface area contributed by atoms with Gasteiger partial charge in [0.25, 0.3) is 0 Å². The fourth-order valence-corrected chi connectivity index (χ4v) is 2.19.